The van der Waals surface area contributed by atoms with Gasteiger partial charge in [-0.1, -0.05) is 37.6 Å². The van der Waals surface area contributed by atoms with Gasteiger partial charge in [-0.05, 0) is 50.7 Å². The number of rotatable bonds is 10. The molecule has 0 saturated carbocycles. The van der Waals surface area contributed by atoms with Crippen molar-refractivity contribution < 1.29 is 19.1 Å². The number of hydrogen-bond acceptors (Lipinski definition) is 4. The number of ether oxygens (including phenoxy) is 2. The first-order chi connectivity index (χ1) is 11.1. The van der Waals surface area contributed by atoms with Crippen molar-refractivity contribution in [2.45, 2.75) is 52.9 Å². The minimum absolute atomic E-state index is 0.265. The van der Waals surface area contributed by atoms with Crippen LogP contribution < -0.4 is 0 Å². The van der Waals surface area contributed by atoms with Crippen molar-refractivity contribution in [3.63, 3.8) is 0 Å². The predicted molar refractivity (Wildman–Crippen MR) is 90.1 cm³/mol. The molecule has 0 heterocycles. The van der Waals surface area contributed by atoms with Crippen LogP contribution in [0.3, 0.4) is 0 Å². The third-order valence-corrected chi connectivity index (χ3v) is 3.71. The van der Waals surface area contributed by atoms with E-state index in [4.69, 9.17) is 9.47 Å². The van der Waals surface area contributed by atoms with Crippen LogP contribution in [0.5, 0.6) is 0 Å². The van der Waals surface area contributed by atoms with Crippen molar-refractivity contribution in [2.75, 3.05) is 13.2 Å². The average Bonchev–Trinajstić information content (AvgIpc) is 2.55. The molecular weight excluding hydrogens is 292 g/mol. The summed E-state index contributed by atoms with van der Waals surface area (Å²) in [5.74, 6) is -1.83. The van der Waals surface area contributed by atoms with Gasteiger partial charge in [0, 0.05) is 0 Å². The molecular formula is C19H28O4. The van der Waals surface area contributed by atoms with Gasteiger partial charge in [0.1, 0.15) is 0 Å². The Bertz CT molecular complexity index is 461. The summed E-state index contributed by atoms with van der Waals surface area (Å²) in [6.45, 7) is 6.17. The van der Waals surface area contributed by atoms with E-state index in [1.807, 2.05) is 0 Å². The zero-order valence-electron chi connectivity index (χ0n) is 14.5. The molecule has 1 aromatic rings. The molecule has 0 aliphatic heterocycles. The Labute approximate surface area is 139 Å². The fourth-order valence-electron chi connectivity index (χ4n) is 2.38. The van der Waals surface area contributed by atoms with Crippen LogP contribution in [0.1, 0.15) is 51.2 Å². The number of benzene rings is 1. The molecule has 0 aliphatic rings. The lowest BCUT2D eigenvalue weighted by Gasteiger charge is -2.14. The summed E-state index contributed by atoms with van der Waals surface area (Å²) in [6, 6.07) is 8.38. The topological polar surface area (TPSA) is 52.6 Å². The van der Waals surface area contributed by atoms with Crippen molar-refractivity contribution in [3.05, 3.63) is 35.4 Å². The molecule has 128 valence electrons. The van der Waals surface area contributed by atoms with Crippen LogP contribution >= 0.6 is 0 Å². The highest BCUT2D eigenvalue weighted by atomic mass is 16.6. The first-order valence-electron chi connectivity index (χ1n) is 8.53. The number of aryl methyl sites for hydroxylation is 2. The molecule has 4 heteroatoms. The number of carbonyl (C=O) groups excluding carboxylic acids is 2. The Morgan fingerprint density at radius 3 is 1.78 bits per heavy atom. The highest BCUT2D eigenvalue weighted by molar-refractivity contribution is 5.94. The highest BCUT2D eigenvalue weighted by Crippen LogP contribution is 2.15. The van der Waals surface area contributed by atoms with Crippen molar-refractivity contribution in [1.29, 1.82) is 0 Å². The molecule has 0 amide bonds. The molecule has 0 aromatic heterocycles. The first kappa shape index (κ1) is 19.2. The lowest BCUT2D eigenvalue weighted by atomic mass is 9.98. The Morgan fingerprint density at radius 1 is 0.870 bits per heavy atom. The Morgan fingerprint density at radius 2 is 1.35 bits per heavy atom. The molecule has 0 spiro atoms. The van der Waals surface area contributed by atoms with E-state index in [0.717, 1.165) is 12.0 Å². The monoisotopic (exact) mass is 320 g/mol. The van der Waals surface area contributed by atoms with Gasteiger partial charge in [-0.15, -0.1) is 0 Å². The fraction of sp³-hybridized carbons (Fsp3) is 0.579. The minimum Gasteiger partial charge on any atom is -0.465 e. The minimum atomic E-state index is -0.838. The second-order valence-corrected chi connectivity index (χ2v) is 5.52. The molecule has 0 bridgehead atoms. The van der Waals surface area contributed by atoms with Gasteiger partial charge in [-0.25, -0.2) is 0 Å². The third kappa shape index (κ3) is 6.85. The molecule has 0 saturated heterocycles. The third-order valence-electron chi connectivity index (χ3n) is 3.71. The lowest BCUT2D eigenvalue weighted by Crippen LogP contribution is -2.28. The summed E-state index contributed by atoms with van der Waals surface area (Å²) in [4.78, 5) is 23.9. The van der Waals surface area contributed by atoms with Crippen molar-refractivity contribution >= 4 is 11.9 Å². The number of unbranched alkanes of at least 4 members (excludes halogenated alkanes) is 1. The maximum absolute atomic E-state index is 11.9. The van der Waals surface area contributed by atoms with Crippen LogP contribution in [-0.4, -0.2) is 25.2 Å². The van der Waals surface area contributed by atoms with Crippen LogP contribution in [-0.2, 0) is 31.9 Å². The van der Waals surface area contributed by atoms with Gasteiger partial charge in [0.15, 0.2) is 5.92 Å². The van der Waals surface area contributed by atoms with E-state index in [0.29, 0.717) is 12.8 Å². The van der Waals surface area contributed by atoms with Gasteiger partial charge in [0.25, 0.3) is 0 Å². The molecule has 1 rings (SSSR count). The molecule has 1 aromatic carbocycles. The molecule has 0 aliphatic carbocycles. The summed E-state index contributed by atoms with van der Waals surface area (Å²) < 4.78 is 9.97. The van der Waals surface area contributed by atoms with Crippen LogP contribution in [0.2, 0.25) is 0 Å². The van der Waals surface area contributed by atoms with Gasteiger partial charge < -0.3 is 9.47 Å². The van der Waals surface area contributed by atoms with E-state index < -0.39 is 17.9 Å². The van der Waals surface area contributed by atoms with Gasteiger partial charge in [-0.3, -0.25) is 9.59 Å². The average molecular weight is 320 g/mol. The zero-order valence-corrected chi connectivity index (χ0v) is 14.5. The molecule has 0 radical (unpaired) electrons. The predicted octanol–water partition coefficient (Wildman–Crippen LogP) is 3.70. The second kappa shape index (κ2) is 10.8. The SMILES string of the molecule is CCCCc1ccc(CCC(C(=O)OCC)C(=O)OCC)cc1. The Hall–Kier alpha value is -1.84. The van der Waals surface area contributed by atoms with E-state index in [1.54, 1.807) is 13.8 Å². The number of esters is 2. The largest absolute Gasteiger partial charge is 0.465 e. The van der Waals surface area contributed by atoms with Crippen molar-refractivity contribution in [2.24, 2.45) is 5.92 Å². The summed E-state index contributed by atoms with van der Waals surface area (Å²) in [5, 5.41) is 0. The quantitative estimate of drug-likeness (QED) is 0.487. The summed E-state index contributed by atoms with van der Waals surface area (Å²) in [5.41, 5.74) is 2.44. The number of hydrogen-bond donors (Lipinski definition) is 0. The second-order valence-electron chi connectivity index (χ2n) is 5.52. The fourth-order valence-corrected chi connectivity index (χ4v) is 2.38. The maximum atomic E-state index is 11.9. The van der Waals surface area contributed by atoms with Crippen LogP contribution in [0.15, 0.2) is 24.3 Å². The number of carbonyl (C=O) groups is 2. The van der Waals surface area contributed by atoms with Gasteiger partial charge in [0.05, 0.1) is 13.2 Å². The molecule has 0 unspecified atom stereocenters. The smallest absolute Gasteiger partial charge is 0.320 e. The van der Waals surface area contributed by atoms with Gasteiger partial charge >= 0.3 is 11.9 Å². The van der Waals surface area contributed by atoms with Crippen molar-refractivity contribution in [3.8, 4) is 0 Å². The van der Waals surface area contributed by atoms with Crippen molar-refractivity contribution in [1.82, 2.24) is 0 Å². The van der Waals surface area contributed by atoms with Gasteiger partial charge in [-0.2, -0.15) is 0 Å². The van der Waals surface area contributed by atoms with E-state index in [-0.39, 0.29) is 13.2 Å². The maximum Gasteiger partial charge on any atom is 0.320 e. The first-order valence-corrected chi connectivity index (χ1v) is 8.53. The van der Waals surface area contributed by atoms with Gasteiger partial charge in [0.2, 0.25) is 0 Å². The van der Waals surface area contributed by atoms with E-state index in [9.17, 15) is 9.59 Å². The van der Waals surface area contributed by atoms with E-state index >= 15 is 0 Å². The zero-order chi connectivity index (χ0) is 17.1. The van der Waals surface area contributed by atoms with Crippen LogP contribution in [0.4, 0.5) is 0 Å². The van der Waals surface area contributed by atoms with E-state index in [1.165, 1.54) is 18.4 Å². The standard InChI is InChI=1S/C19H28O4/c1-4-7-8-15-9-11-16(12-10-15)13-14-17(18(20)22-5-2)19(21)23-6-3/h9-12,17H,4-8,13-14H2,1-3H3. The van der Waals surface area contributed by atoms with Crippen LogP contribution in [0, 0.1) is 5.92 Å². The Kier molecular flexibility index (Phi) is 9.03. The molecule has 0 atom stereocenters. The Balaban J connectivity index is 2.62. The normalized spacial score (nSPS) is 10.6. The summed E-state index contributed by atoms with van der Waals surface area (Å²) >= 11 is 0. The van der Waals surface area contributed by atoms with Crippen LogP contribution in [0.25, 0.3) is 0 Å². The molecule has 23 heavy (non-hydrogen) atoms. The summed E-state index contributed by atoms with van der Waals surface area (Å²) in [6.07, 6.45) is 4.52. The molecule has 0 fully saturated rings. The highest BCUT2D eigenvalue weighted by Gasteiger charge is 2.29. The lowest BCUT2D eigenvalue weighted by molar-refractivity contribution is -0.161. The summed E-state index contributed by atoms with van der Waals surface area (Å²) in [7, 11) is 0. The molecule has 0 N–H and O–H groups in total. The molecule has 4 nitrogen and oxygen atoms in total. The van der Waals surface area contributed by atoms with E-state index in [2.05, 4.69) is 31.2 Å².